The number of carbonyl (C=O) groups excluding carboxylic acids is 2. The summed E-state index contributed by atoms with van der Waals surface area (Å²) in [5.41, 5.74) is 5.32. The Balaban J connectivity index is 1.34. The molecule has 4 heteroatoms. The van der Waals surface area contributed by atoms with Crippen molar-refractivity contribution in [3.05, 3.63) is 149 Å². The average Bonchev–Trinajstić information content (AvgIpc) is 3.28. The summed E-state index contributed by atoms with van der Waals surface area (Å²) in [7, 11) is 0. The monoisotopic (exact) mass is 518 g/mol. The number of para-hydroxylation sites is 1. The van der Waals surface area contributed by atoms with E-state index in [4.69, 9.17) is 4.99 Å². The number of amides is 2. The fourth-order valence-corrected chi connectivity index (χ4v) is 7.60. The van der Waals surface area contributed by atoms with Crippen LogP contribution < -0.4 is 4.90 Å². The first kappa shape index (κ1) is 23.1. The molecule has 0 unspecified atom stereocenters. The van der Waals surface area contributed by atoms with E-state index in [0.717, 1.165) is 27.8 Å². The summed E-state index contributed by atoms with van der Waals surface area (Å²) in [5, 5.41) is 2.35. The van der Waals surface area contributed by atoms with Crippen molar-refractivity contribution in [3.8, 4) is 0 Å². The van der Waals surface area contributed by atoms with E-state index in [1.165, 1.54) is 15.7 Å². The maximum Gasteiger partial charge on any atom is 0.239 e. The van der Waals surface area contributed by atoms with Crippen molar-refractivity contribution < 1.29 is 9.59 Å². The summed E-state index contributed by atoms with van der Waals surface area (Å²) >= 11 is 0. The molecule has 1 heterocycles. The second-order valence-corrected chi connectivity index (χ2v) is 11.0. The van der Waals surface area contributed by atoms with E-state index in [9.17, 15) is 9.59 Å². The van der Waals surface area contributed by atoms with Crippen LogP contribution in [0.15, 0.2) is 126 Å². The molecule has 1 fully saturated rings. The summed E-state index contributed by atoms with van der Waals surface area (Å²) in [6, 6.07) is 40.6. The smallest absolute Gasteiger partial charge is 0.239 e. The molecule has 2 bridgehead atoms. The molecule has 2 amide bonds. The van der Waals surface area contributed by atoms with Crippen molar-refractivity contribution in [1.29, 1.82) is 0 Å². The Bertz CT molecular complexity index is 1810. The van der Waals surface area contributed by atoms with Crippen LogP contribution >= 0.6 is 0 Å². The molecule has 0 saturated carbocycles. The number of hydrogen-bond acceptors (Lipinski definition) is 3. The Morgan fingerprint density at radius 2 is 1.30 bits per heavy atom. The van der Waals surface area contributed by atoms with Crippen LogP contribution in [0.25, 0.3) is 10.8 Å². The van der Waals surface area contributed by atoms with Crippen LogP contribution in [0.3, 0.4) is 0 Å². The molecule has 0 spiro atoms. The van der Waals surface area contributed by atoms with Crippen LogP contribution in [0, 0.1) is 11.8 Å². The standard InChI is InChI=1S/C36H26N2O2/c39-34-32-31-27-17-6-8-19-29(27)36(30-20-9-7-18-28(30)31,33(32)35(40)38(34)25-14-2-1-3-15-25)22-37-21-24-13-10-12-23-11-4-5-16-26(23)24/h1-20,22,31-33H,21H2/t31?,32-,33+,36?/m0/s1. The van der Waals surface area contributed by atoms with Crippen molar-refractivity contribution in [2.45, 2.75) is 17.9 Å². The van der Waals surface area contributed by atoms with Gasteiger partial charge in [0.15, 0.2) is 0 Å². The van der Waals surface area contributed by atoms with Gasteiger partial charge in [-0.1, -0.05) is 109 Å². The number of imide groups is 1. The van der Waals surface area contributed by atoms with Gasteiger partial charge in [0.1, 0.15) is 0 Å². The summed E-state index contributed by atoms with van der Waals surface area (Å²) in [5.74, 6) is -1.49. The molecule has 9 rings (SSSR count). The lowest BCUT2D eigenvalue weighted by Crippen LogP contribution is -2.54. The van der Waals surface area contributed by atoms with Gasteiger partial charge in [0.25, 0.3) is 0 Å². The molecule has 4 nitrogen and oxygen atoms in total. The van der Waals surface area contributed by atoms with Crippen molar-refractivity contribution in [3.63, 3.8) is 0 Å². The summed E-state index contributed by atoms with van der Waals surface area (Å²) in [4.78, 5) is 35.1. The van der Waals surface area contributed by atoms with Crippen LogP contribution in [0.5, 0.6) is 0 Å². The molecule has 0 N–H and O–H groups in total. The third kappa shape index (κ3) is 2.99. The Labute approximate surface area is 232 Å². The van der Waals surface area contributed by atoms with Crippen molar-refractivity contribution in [2.75, 3.05) is 4.90 Å². The van der Waals surface area contributed by atoms with Gasteiger partial charge in [0.05, 0.1) is 29.5 Å². The number of carbonyl (C=O) groups is 2. The van der Waals surface area contributed by atoms with Crippen LogP contribution in [-0.4, -0.2) is 18.0 Å². The maximum atomic E-state index is 14.4. The van der Waals surface area contributed by atoms with Crippen LogP contribution in [0.1, 0.15) is 33.7 Å². The third-order valence-electron chi connectivity index (χ3n) is 9.13. The molecule has 0 radical (unpaired) electrons. The summed E-state index contributed by atoms with van der Waals surface area (Å²) in [6.45, 7) is 0.485. The number of fused-ring (bicyclic) bond motifs is 1. The van der Waals surface area contributed by atoms with Gasteiger partial charge < -0.3 is 0 Å². The lowest BCUT2D eigenvalue weighted by Gasteiger charge is -2.52. The van der Waals surface area contributed by atoms with Gasteiger partial charge in [0.2, 0.25) is 11.8 Å². The zero-order valence-corrected chi connectivity index (χ0v) is 21.8. The normalized spacial score (nSPS) is 24.4. The number of rotatable bonds is 4. The molecular formula is C36H26N2O2. The molecule has 2 atom stereocenters. The van der Waals surface area contributed by atoms with E-state index in [0.29, 0.717) is 12.2 Å². The van der Waals surface area contributed by atoms with Gasteiger partial charge in [-0.05, 0) is 50.7 Å². The number of benzene rings is 5. The largest absolute Gasteiger partial charge is 0.291 e. The minimum Gasteiger partial charge on any atom is -0.291 e. The molecule has 192 valence electrons. The molecule has 40 heavy (non-hydrogen) atoms. The van der Waals surface area contributed by atoms with Crippen LogP contribution in [-0.2, 0) is 21.5 Å². The molecule has 1 saturated heterocycles. The SMILES string of the molecule is O=C1[C@H]2C3c4ccccc4C(C=NCc4cccc5ccccc45)(c4ccccc43)[C@H]2C(=O)N1c1ccccc1. The predicted molar refractivity (Wildman–Crippen MR) is 158 cm³/mol. The van der Waals surface area contributed by atoms with Gasteiger partial charge in [-0.15, -0.1) is 0 Å². The van der Waals surface area contributed by atoms with E-state index in [1.54, 1.807) is 0 Å². The van der Waals surface area contributed by atoms with Crippen molar-refractivity contribution >= 4 is 34.5 Å². The van der Waals surface area contributed by atoms with E-state index in [1.807, 2.05) is 66.9 Å². The number of anilines is 1. The fraction of sp³-hybridized carbons (Fsp3) is 0.139. The van der Waals surface area contributed by atoms with Crippen molar-refractivity contribution in [2.24, 2.45) is 16.8 Å². The number of nitrogens with zero attached hydrogens (tertiary/aromatic N) is 2. The van der Waals surface area contributed by atoms with E-state index < -0.39 is 17.3 Å². The third-order valence-corrected chi connectivity index (χ3v) is 9.13. The second-order valence-electron chi connectivity index (χ2n) is 11.0. The minimum absolute atomic E-state index is 0.123. The first-order valence-electron chi connectivity index (χ1n) is 13.8. The first-order valence-corrected chi connectivity index (χ1v) is 13.8. The van der Waals surface area contributed by atoms with Gasteiger partial charge in [0, 0.05) is 12.1 Å². The van der Waals surface area contributed by atoms with Crippen LogP contribution in [0.2, 0.25) is 0 Å². The van der Waals surface area contributed by atoms with Crippen LogP contribution in [0.4, 0.5) is 5.69 Å². The Morgan fingerprint density at radius 3 is 2.05 bits per heavy atom. The van der Waals surface area contributed by atoms with Gasteiger partial charge >= 0.3 is 0 Å². The zero-order valence-electron chi connectivity index (χ0n) is 21.8. The predicted octanol–water partition coefficient (Wildman–Crippen LogP) is 6.66. The molecular weight excluding hydrogens is 492 g/mol. The molecule has 1 aliphatic heterocycles. The zero-order chi connectivity index (χ0) is 26.8. The lowest BCUT2D eigenvalue weighted by molar-refractivity contribution is -0.122. The second kappa shape index (κ2) is 8.59. The Hall–Kier alpha value is -4.83. The van der Waals surface area contributed by atoms with Gasteiger partial charge in [-0.25, -0.2) is 4.90 Å². The highest BCUT2D eigenvalue weighted by molar-refractivity contribution is 6.25. The molecule has 0 aromatic heterocycles. The summed E-state index contributed by atoms with van der Waals surface area (Å²) in [6.07, 6.45) is 2.00. The van der Waals surface area contributed by atoms with Crippen molar-refractivity contribution in [1.82, 2.24) is 0 Å². The minimum atomic E-state index is -0.840. The van der Waals surface area contributed by atoms with E-state index in [-0.39, 0.29) is 17.7 Å². The Morgan fingerprint density at radius 1 is 0.675 bits per heavy atom. The number of hydrogen-bond donors (Lipinski definition) is 0. The van der Waals surface area contributed by atoms with Gasteiger partial charge in [-0.3, -0.25) is 14.6 Å². The summed E-state index contributed by atoms with van der Waals surface area (Å²) < 4.78 is 0. The average molecular weight is 519 g/mol. The maximum absolute atomic E-state index is 14.4. The van der Waals surface area contributed by atoms with Gasteiger partial charge in [-0.2, -0.15) is 0 Å². The quantitative estimate of drug-likeness (QED) is 0.197. The molecule has 5 aromatic rings. The Kier molecular flexibility index (Phi) is 4.96. The van der Waals surface area contributed by atoms with E-state index >= 15 is 0 Å². The molecule has 3 aliphatic carbocycles. The molecule has 4 aliphatic rings. The molecule has 5 aromatic carbocycles. The highest BCUT2D eigenvalue weighted by Crippen LogP contribution is 2.63. The highest BCUT2D eigenvalue weighted by Gasteiger charge is 2.67. The topological polar surface area (TPSA) is 49.7 Å². The first-order chi connectivity index (χ1) is 19.7. The number of aliphatic imine (C=N–C) groups is 1. The highest BCUT2D eigenvalue weighted by atomic mass is 16.2. The lowest BCUT2D eigenvalue weighted by atomic mass is 9.47. The van der Waals surface area contributed by atoms with E-state index in [2.05, 4.69) is 60.7 Å². The fourth-order valence-electron chi connectivity index (χ4n) is 7.60.